The van der Waals surface area contributed by atoms with Crippen molar-refractivity contribution in [3.63, 3.8) is 0 Å². The third-order valence-electron chi connectivity index (χ3n) is 3.93. The highest BCUT2D eigenvalue weighted by atomic mass is 16.2. The molecule has 1 unspecified atom stereocenters. The highest BCUT2D eigenvalue weighted by Crippen LogP contribution is 2.14. The van der Waals surface area contributed by atoms with E-state index in [-0.39, 0.29) is 5.91 Å². The molecular formula is C16H24N2O. The molecule has 1 fully saturated rings. The van der Waals surface area contributed by atoms with Crippen LogP contribution in [-0.4, -0.2) is 36.5 Å². The van der Waals surface area contributed by atoms with E-state index in [1.54, 1.807) is 0 Å². The molecule has 1 aliphatic heterocycles. The number of nitrogens with zero attached hydrogens (tertiary/aromatic N) is 1. The molecule has 1 amide bonds. The zero-order chi connectivity index (χ0) is 13.8. The quantitative estimate of drug-likeness (QED) is 0.902. The van der Waals surface area contributed by atoms with E-state index in [9.17, 15) is 4.79 Å². The van der Waals surface area contributed by atoms with Crippen molar-refractivity contribution in [1.29, 1.82) is 0 Å². The molecular weight excluding hydrogens is 236 g/mol. The van der Waals surface area contributed by atoms with Crippen LogP contribution in [0.5, 0.6) is 0 Å². The van der Waals surface area contributed by atoms with E-state index >= 15 is 0 Å². The predicted octanol–water partition coefficient (Wildman–Crippen LogP) is 2.06. The van der Waals surface area contributed by atoms with E-state index in [1.807, 2.05) is 4.90 Å². The summed E-state index contributed by atoms with van der Waals surface area (Å²) in [5, 5.41) is 3.32. The molecule has 1 atom stereocenters. The predicted molar refractivity (Wildman–Crippen MR) is 78.3 cm³/mol. The lowest BCUT2D eigenvalue weighted by Crippen LogP contribution is -2.52. The van der Waals surface area contributed by atoms with Gasteiger partial charge in [0.25, 0.3) is 0 Å². The van der Waals surface area contributed by atoms with Crippen LogP contribution in [0.4, 0.5) is 0 Å². The first-order chi connectivity index (χ1) is 9.08. The van der Waals surface area contributed by atoms with Crippen molar-refractivity contribution in [3.05, 3.63) is 34.9 Å². The summed E-state index contributed by atoms with van der Waals surface area (Å²) in [6.45, 7) is 9.00. The van der Waals surface area contributed by atoms with Crippen molar-refractivity contribution in [1.82, 2.24) is 10.2 Å². The second-order valence-electron chi connectivity index (χ2n) is 5.57. The second kappa shape index (κ2) is 6.20. The van der Waals surface area contributed by atoms with Crippen molar-refractivity contribution in [2.24, 2.45) is 0 Å². The highest BCUT2D eigenvalue weighted by Gasteiger charge is 2.22. The molecule has 1 N–H and O–H groups in total. The summed E-state index contributed by atoms with van der Waals surface area (Å²) >= 11 is 0. The van der Waals surface area contributed by atoms with Crippen LogP contribution in [0.15, 0.2) is 18.2 Å². The van der Waals surface area contributed by atoms with Gasteiger partial charge in [0.2, 0.25) is 5.91 Å². The molecule has 2 rings (SSSR count). The van der Waals surface area contributed by atoms with Gasteiger partial charge in [0.1, 0.15) is 0 Å². The van der Waals surface area contributed by atoms with Crippen LogP contribution in [0.1, 0.15) is 30.0 Å². The van der Waals surface area contributed by atoms with E-state index in [2.05, 4.69) is 44.3 Å². The minimum Gasteiger partial charge on any atom is -0.337 e. The number of amides is 1. The van der Waals surface area contributed by atoms with Crippen molar-refractivity contribution in [3.8, 4) is 0 Å². The number of benzene rings is 1. The van der Waals surface area contributed by atoms with Gasteiger partial charge >= 0.3 is 0 Å². The number of aryl methyl sites for hydroxylation is 3. The summed E-state index contributed by atoms with van der Waals surface area (Å²) < 4.78 is 0. The van der Waals surface area contributed by atoms with Crippen LogP contribution in [0, 0.1) is 13.8 Å². The number of piperazine rings is 1. The number of hydrogen-bond donors (Lipinski definition) is 1. The zero-order valence-electron chi connectivity index (χ0n) is 12.2. The largest absolute Gasteiger partial charge is 0.337 e. The Bertz CT molecular complexity index is 456. The lowest BCUT2D eigenvalue weighted by atomic mass is 10.0. The van der Waals surface area contributed by atoms with E-state index in [0.717, 1.165) is 26.1 Å². The van der Waals surface area contributed by atoms with Crippen molar-refractivity contribution in [2.45, 2.75) is 39.7 Å². The van der Waals surface area contributed by atoms with Gasteiger partial charge in [-0.2, -0.15) is 0 Å². The minimum atomic E-state index is 0.287. The monoisotopic (exact) mass is 260 g/mol. The van der Waals surface area contributed by atoms with Crippen molar-refractivity contribution >= 4 is 5.91 Å². The molecule has 3 heteroatoms. The molecule has 1 saturated heterocycles. The smallest absolute Gasteiger partial charge is 0.223 e. The summed E-state index contributed by atoms with van der Waals surface area (Å²) in [6.07, 6.45) is 1.47. The van der Waals surface area contributed by atoms with Gasteiger partial charge in [0.15, 0.2) is 0 Å². The summed E-state index contributed by atoms with van der Waals surface area (Å²) in [7, 11) is 0. The lowest BCUT2D eigenvalue weighted by molar-refractivity contribution is -0.133. The first-order valence-corrected chi connectivity index (χ1v) is 7.14. The molecule has 0 aromatic heterocycles. The summed E-state index contributed by atoms with van der Waals surface area (Å²) in [4.78, 5) is 14.3. The zero-order valence-corrected chi connectivity index (χ0v) is 12.2. The second-order valence-corrected chi connectivity index (χ2v) is 5.57. The fraction of sp³-hybridized carbons (Fsp3) is 0.562. The number of nitrogens with one attached hydrogen (secondary N) is 1. The molecule has 1 heterocycles. The maximum Gasteiger partial charge on any atom is 0.223 e. The van der Waals surface area contributed by atoms with Gasteiger partial charge in [-0.25, -0.2) is 0 Å². The third-order valence-corrected chi connectivity index (χ3v) is 3.93. The van der Waals surface area contributed by atoms with Crippen LogP contribution in [-0.2, 0) is 11.2 Å². The first-order valence-electron chi connectivity index (χ1n) is 7.14. The molecule has 1 aromatic rings. The molecule has 19 heavy (non-hydrogen) atoms. The van der Waals surface area contributed by atoms with Crippen LogP contribution < -0.4 is 5.32 Å². The first kappa shape index (κ1) is 14.1. The Kier molecular flexibility index (Phi) is 4.59. The molecule has 0 radical (unpaired) electrons. The van der Waals surface area contributed by atoms with Crippen LogP contribution in [0.25, 0.3) is 0 Å². The maximum atomic E-state index is 12.3. The Balaban J connectivity index is 1.94. The summed E-state index contributed by atoms with van der Waals surface area (Å²) in [6, 6.07) is 6.78. The van der Waals surface area contributed by atoms with Crippen molar-refractivity contribution < 1.29 is 4.79 Å². The van der Waals surface area contributed by atoms with Gasteiger partial charge in [-0.05, 0) is 38.3 Å². The average molecular weight is 260 g/mol. The van der Waals surface area contributed by atoms with Gasteiger partial charge in [-0.15, -0.1) is 0 Å². The molecule has 104 valence electrons. The molecule has 0 bridgehead atoms. The number of hydrogen-bond acceptors (Lipinski definition) is 2. The van der Waals surface area contributed by atoms with Crippen molar-refractivity contribution in [2.75, 3.05) is 19.6 Å². The van der Waals surface area contributed by atoms with Gasteiger partial charge in [0, 0.05) is 32.1 Å². The van der Waals surface area contributed by atoms with E-state index in [0.29, 0.717) is 12.5 Å². The lowest BCUT2D eigenvalue weighted by Gasteiger charge is -2.34. The van der Waals surface area contributed by atoms with Gasteiger partial charge in [0.05, 0.1) is 0 Å². The molecule has 0 saturated carbocycles. The van der Waals surface area contributed by atoms with E-state index in [4.69, 9.17) is 0 Å². The Morgan fingerprint density at radius 1 is 1.42 bits per heavy atom. The Morgan fingerprint density at radius 2 is 2.21 bits per heavy atom. The van der Waals surface area contributed by atoms with E-state index < -0.39 is 0 Å². The van der Waals surface area contributed by atoms with Crippen LogP contribution in [0.3, 0.4) is 0 Å². The van der Waals surface area contributed by atoms with Crippen LogP contribution >= 0.6 is 0 Å². The number of rotatable bonds is 3. The SMILES string of the molecule is Cc1ccc(C)c(CCC(=O)N2CCNCC2C)c1. The van der Waals surface area contributed by atoms with Gasteiger partial charge in [-0.1, -0.05) is 23.8 Å². The Morgan fingerprint density at radius 3 is 2.95 bits per heavy atom. The minimum absolute atomic E-state index is 0.287. The molecule has 3 nitrogen and oxygen atoms in total. The van der Waals surface area contributed by atoms with E-state index in [1.165, 1.54) is 16.7 Å². The maximum absolute atomic E-state index is 12.3. The fourth-order valence-corrected chi connectivity index (χ4v) is 2.67. The number of carbonyl (C=O) groups excluding carboxylic acids is 1. The standard InChI is InChI=1S/C16H24N2O/c1-12-4-5-13(2)15(10-12)6-7-16(19)18-9-8-17-11-14(18)3/h4-5,10,14,17H,6-9,11H2,1-3H3. The average Bonchev–Trinajstić information content (AvgIpc) is 2.40. The Labute approximate surface area is 116 Å². The third kappa shape index (κ3) is 3.57. The molecule has 1 aromatic carbocycles. The fourth-order valence-electron chi connectivity index (χ4n) is 2.67. The summed E-state index contributed by atoms with van der Waals surface area (Å²) in [5.74, 6) is 0.287. The van der Waals surface area contributed by atoms with Gasteiger partial charge < -0.3 is 10.2 Å². The normalized spacial score (nSPS) is 19.5. The highest BCUT2D eigenvalue weighted by molar-refractivity contribution is 5.77. The summed E-state index contributed by atoms with van der Waals surface area (Å²) in [5.41, 5.74) is 3.85. The Hall–Kier alpha value is -1.35. The molecule has 0 spiro atoms. The topological polar surface area (TPSA) is 32.3 Å². The number of carbonyl (C=O) groups is 1. The molecule has 0 aliphatic carbocycles. The van der Waals surface area contributed by atoms with Gasteiger partial charge in [-0.3, -0.25) is 4.79 Å². The molecule has 1 aliphatic rings. The van der Waals surface area contributed by atoms with Crippen LogP contribution in [0.2, 0.25) is 0 Å².